The van der Waals surface area contributed by atoms with Gasteiger partial charge in [-0.3, -0.25) is 9.69 Å². The number of H-pyrrole nitrogens is 1. The summed E-state index contributed by atoms with van der Waals surface area (Å²) in [6, 6.07) is 21.8. The van der Waals surface area contributed by atoms with Crippen LogP contribution in [-0.4, -0.2) is 77.1 Å². The zero-order valence-electron chi connectivity index (χ0n) is 24.7. The summed E-state index contributed by atoms with van der Waals surface area (Å²) in [5, 5.41) is 36.4. The summed E-state index contributed by atoms with van der Waals surface area (Å²) in [4.78, 5) is 29.6. The highest BCUT2D eigenvalue weighted by Gasteiger charge is 2.44. The van der Waals surface area contributed by atoms with E-state index in [0.29, 0.717) is 66.1 Å². The Hall–Kier alpha value is -4.22. The molecule has 4 aromatic rings. The average Bonchev–Trinajstić information content (AvgIpc) is 3.02. The maximum atomic E-state index is 13.3. The number of aromatic hydroxyl groups is 1. The predicted molar refractivity (Wildman–Crippen MR) is 167 cm³/mol. The number of aromatic nitrogens is 1. The molecular weight excluding hydrogens is 562 g/mol. The number of nitrogens with zero attached hydrogens (tertiary/aromatic N) is 1. The Bertz CT molecular complexity index is 1620. The number of pyridine rings is 1. The second-order valence-electron chi connectivity index (χ2n) is 11.3. The van der Waals surface area contributed by atoms with Gasteiger partial charge in [0.05, 0.1) is 18.2 Å². The van der Waals surface area contributed by atoms with Gasteiger partial charge in [0.25, 0.3) is 0 Å². The summed E-state index contributed by atoms with van der Waals surface area (Å²) < 4.78 is 11.6. The number of carbonyl (C=O) groups is 1. The number of nitrogens with one attached hydrogen (secondary N) is 2. The van der Waals surface area contributed by atoms with Crippen LogP contribution in [0.2, 0.25) is 0 Å². The molecule has 0 amide bonds. The van der Waals surface area contributed by atoms with E-state index in [4.69, 9.17) is 9.47 Å². The fraction of sp³-hybridized carbons (Fsp3) is 0.353. The number of esters is 1. The lowest BCUT2D eigenvalue weighted by molar-refractivity contribution is -0.175. The lowest BCUT2D eigenvalue weighted by atomic mass is 9.86. The van der Waals surface area contributed by atoms with E-state index in [2.05, 4.69) is 10.3 Å². The average molecular weight is 602 g/mol. The number of hydrogen-bond donors (Lipinski definition) is 5. The molecule has 10 heteroatoms. The molecule has 1 saturated heterocycles. The zero-order chi connectivity index (χ0) is 31.1. The largest absolute Gasteiger partial charge is 0.506 e. The van der Waals surface area contributed by atoms with E-state index >= 15 is 0 Å². The van der Waals surface area contributed by atoms with Crippen molar-refractivity contribution < 1.29 is 29.6 Å². The monoisotopic (exact) mass is 601 g/mol. The number of phenolic OH excluding ortho intramolecular Hbond substituents is 1. The van der Waals surface area contributed by atoms with Gasteiger partial charge >= 0.3 is 5.97 Å². The number of fused-ring (bicyclic) bond motifs is 1. The van der Waals surface area contributed by atoms with Crippen molar-refractivity contribution in [2.75, 3.05) is 39.8 Å². The topological polar surface area (TPSA) is 144 Å². The van der Waals surface area contributed by atoms with Gasteiger partial charge in [0, 0.05) is 36.7 Å². The van der Waals surface area contributed by atoms with Gasteiger partial charge < -0.3 is 35.1 Å². The highest BCUT2D eigenvalue weighted by molar-refractivity contribution is 5.87. The molecule has 0 bridgehead atoms. The van der Waals surface area contributed by atoms with Gasteiger partial charge in [0.1, 0.15) is 17.6 Å². The van der Waals surface area contributed by atoms with E-state index in [1.807, 2.05) is 18.0 Å². The minimum Gasteiger partial charge on any atom is -0.506 e. The van der Waals surface area contributed by atoms with E-state index in [0.717, 1.165) is 19.3 Å². The van der Waals surface area contributed by atoms with Crippen LogP contribution < -0.4 is 15.6 Å². The minimum absolute atomic E-state index is 0.0397. The highest BCUT2D eigenvalue weighted by atomic mass is 16.6. The molecule has 5 N–H and O–H groups in total. The van der Waals surface area contributed by atoms with Gasteiger partial charge in [-0.15, -0.1) is 0 Å². The van der Waals surface area contributed by atoms with Gasteiger partial charge in [0.15, 0.2) is 0 Å². The molecule has 0 saturated carbocycles. The number of ether oxygens (including phenoxy) is 2. The number of likely N-dealkylation sites (N-methyl/N-ethyl adjacent to an activating group) is 1. The molecule has 5 rings (SSSR count). The first-order valence-electron chi connectivity index (χ1n) is 14.9. The molecule has 44 heavy (non-hydrogen) atoms. The first-order chi connectivity index (χ1) is 21.3. The number of unbranched alkanes of at least 4 members (excludes halogenated alkanes) is 2. The van der Waals surface area contributed by atoms with Crippen LogP contribution in [0.15, 0.2) is 83.7 Å². The molecule has 0 unspecified atom stereocenters. The molecule has 1 fully saturated rings. The lowest BCUT2D eigenvalue weighted by Crippen LogP contribution is -2.53. The summed E-state index contributed by atoms with van der Waals surface area (Å²) in [6.07, 6.45) is 1.50. The Morgan fingerprint density at radius 3 is 2.57 bits per heavy atom. The van der Waals surface area contributed by atoms with Crippen LogP contribution in [0.3, 0.4) is 0 Å². The van der Waals surface area contributed by atoms with E-state index in [1.165, 1.54) is 12.1 Å². The van der Waals surface area contributed by atoms with E-state index in [9.17, 15) is 24.9 Å². The van der Waals surface area contributed by atoms with Crippen LogP contribution >= 0.6 is 0 Å². The summed E-state index contributed by atoms with van der Waals surface area (Å²) >= 11 is 0. The Morgan fingerprint density at radius 2 is 1.80 bits per heavy atom. The minimum atomic E-state index is -1.96. The van der Waals surface area contributed by atoms with Crippen molar-refractivity contribution in [3.05, 3.63) is 106 Å². The second-order valence-corrected chi connectivity index (χ2v) is 11.3. The zero-order valence-corrected chi connectivity index (χ0v) is 24.7. The number of carbonyl (C=O) groups excluding carboxylic acids is 1. The molecule has 0 aliphatic carbocycles. The van der Waals surface area contributed by atoms with E-state index < -0.39 is 17.7 Å². The molecule has 10 nitrogen and oxygen atoms in total. The molecule has 0 radical (unpaired) electrons. The molecule has 232 valence electrons. The summed E-state index contributed by atoms with van der Waals surface area (Å²) in [7, 11) is 1.95. The Labute approximate surface area is 255 Å². The fourth-order valence-electron chi connectivity index (χ4n) is 5.46. The lowest BCUT2D eigenvalue weighted by Gasteiger charge is -2.37. The molecule has 1 aliphatic rings. The number of aliphatic hydroxyl groups excluding tert-OH is 1. The van der Waals surface area contributed by atoms with Crippen molar-refractivity contribution in [3.8, 4) is 11.5 Å². The maximum Gasteiger partial charge on any atom is 0.348 e. The molecule has 3 aromatic carbocycles. The molecule has 0 spiro atoms. The van der Waals surface area contributed by atoms with Crippen molar-refractivity contribution >= 4 is 16.9 Å². The SMILES string of the molecule is CN1CC(OC(=O)[C@](O)(c2ccccc2)c2cccc(OCCCCCNC[C@H](O)c3ccc(O)c4[nH]c(=O)ccc34)c2)C1. The molecule has 1 aromatic heterocycles. The number of aromatic amines is 1. The van der Waals surface area contributed by atoms with Crippen molar-refractivity contribution in [1.29, 1.82) is 0 Å². The van der Waals surface area contributed by atoms with Gasteiger partial charge in [-0.25, -0.2) is 4.79 Å². The normalized spacial score (nSPS) is 15.8. The molecule has 2 heterocycles. The number of phenols is 1. The van der Waals surface area contributed by atoms with Gasteiger partial charge in [0.2, 0.25) is 11.2 Å². The summed E-state index contributed by atoms with van der Waals surface area (Å²) in [5.74, 6) is -0.191. The van der Waals surface area contributed by atoms with Gasteiger partial charge in [-0.05, 0) is 68.2 Å². The predicted octanol–water partition coefficient (Wildman–Crippen LogP) is 3.20. The van der Waals surface area contributed by atoms with Gasteiger partial charge in [-0.1, -0.05) is 48.5 Å². The van der Waals surface area contributed by atoms with Crippen LogP contribution in [0.5, 0.6) is 11.5 Å². The van der Waals surface area contributed by atoms with Crippen molar-refractivity contribution in [2.45, 2.75) is 37.1 Å². The second kappa shape index (κ2) is 14.0. The summed E-state index contributed by atoms with van der Waals surface area (Å²) in [5.41, 5.74) is -0.531. The number of hydrogen-bond acceptors (Lipinski definition) is 9. The first-order valence-corrected chi connectivity index (χ1v) is 14.9. The van der Waals surface area contributed by atoms with Crippen molar-refractivity contribution in [2.24, 2.45) is 0 Å². The fourth-order valence-corrected chi connectivity index (χ4v) is 5.46. The number of aliphatic hydroxyl groups is 2. The summed E-state index contributed by atoms with van der Waals surface area (Å²) in [6.45, 7) is 2.75. The molecular formula is C34H39N3O7. The molecule has 1 aliphatic heterocycles. The van der Waals surface area contributed by atoms with Crippen LogP contribution in [0, 0.1) is 0 Å². The Balaban J connectivity index is 1.09. The smallest absolute Gasteiger partial charge is 0.348 e. The van der Waals surface area contributed by atoms with Crippen LogP contribution in [0.4, 0.5) is 0 Å². The van der Waals surface area contributed by atoms with E-state index in [1.54, 1.807) is 60.7 Å². The number of benzene rings is 3. The molecule has 2 atom stereocenters. The quantitative estimate of drug-likeness (QED) is 0.109. The highest BCUT2D eigenvalue weighted by Crippen LogP contribution is 2.34. The third-order valence-corrected chi connectivity index (χ3v) is 7.91. The van der Waals surface area contributed by atoms with Crippen LogP contribution in [0.1, 0.15) is 42.1 Å². The van der Waals surface area contributed by atoms with Gasteiger partial charge in [-0.2, -0.15) is 0 Å². The number of likely N-dealkylation sites (tertiary alicyclic amines) is 1. The van der Waals surface area contributed by atoms with Crippen LogP contribution in [0.25, 0.3) is 10.9 Å². The Kier molecular flexibility index (Phi) is 9.96. The third-order valence-electron chi connectivity index (χ3n) is 7.91. The Morgan fingerprint density at radius 1 is 1.02 bits per heavy atom. The number of rotatable bonds is 14. The van der Waals surface area contributed by atoms with E-state index in [-0.39, 0.29) is 17.4 Å². The third kappa shape index (κ3) is 7.11. The van der Waals surface area contributed by atoms with Crippen molar-refractivity contribution in [1.82, 2.24) is 15.2 Å². The first kappa shape index (κ1) is 31.2. The van der Waals surface area contributed by atoms with Crippen molar-refractivity contribution in [3.63, 3.8) is 0 Å². The van der Waals surface area contributed by atoms with Crippen LogP contribution in [-0.2, 0) is 15.1 Å². The maximum absolute atomic E-state index is 13.3. The standard InChI is InChI=1S/C34H39N3O7/c1-37-21-26(22-37)44-33(41)34(42,23-9-4-2-5-10-23)24-11-8-12-25(19-24)43-18-7-3-6-17-35-20-30(39)27-13-15-29(38)32-28(27)14-16-31(40)36-32/h2,4-5,8-16,19,26,30,35,38-39,42H,3,6-7,17-18,20-22H2,1H3,(H,36,40)/t30-,34-/m0/s1.